The zero-order valence-electron chi connectivity index (χ0n) is 11.6. The van der Waals surface area contributed by atoms with Crippen molar-refractivity contribution in [3.8, 4) is 0 Å². The lowest BCUT2D eigenvalue weighted by molar-refractivity contribution is -0.122. The molecule has 4 heteroatoms. The van der Waals surface area contributed by atoms with Crippen molar-refractivity contribution < 1.29 is 4.79 Å². The third-order valence-electron chi connectivity index (χ3n) is 3.45. The van der Waals surface area contributed by atoms with E-state index in [9.17, 15) is 4.79 Å². The fraction of sp³-hybridized carbons (Fsp3) is 0.923. The molecular weight excluding hydrogens is 214 g/mol. The predicted molar refractivity (Wildman–Crippen MR) is 70.7 cm³/mol. The molecule has 0 aromatic rings. The number of carbonyl (C=O) groups excluding carboxylic acids is 1. The summed E-state index contributed by atoms with van der Waals surface area (Å²) in [7, 11) is 0. The smallest absolute Gasteiger partial charge is 0.234 e. The first-order valence-corrected chi connectivity index (χ1v) is 6.62. The highest BCUT2D eigenvalue weighted by Crippen LogP contribution is 2.28. The van der Waals surface area contributed by atoms with Crippen LogP contribution in [0.3, 0.4) is 0 Å². The van der Waals surface area contributed by atoms with Crippen LogP contribution in [0, 0.1) is 5.41 Å². The standard InChI is InChI=1S/C13H27N3O/c1-5-10(14)12(13(2,3)4)16-8-6-7-15-11(17)9-16/h10,12H,5-9,14H2,1-4H3,(H,15,17). The van der Waals surface area contributed by atoms with E-state index >= 15 is 0 Å². The number of amides is 1. The molecule has 0 bridgehead atoms. The summed E-state index contributed by atoms with van der Waals surface area (Å²) in [5.41, 5.74) is 6.35. The van der Waals surface area contributed by atoms with Gasteiger partial charge in [0.2, 0.25) is 5.91 Å². The zero-order chi connectivity index (χ0) is 13.1. The van der Waals surface area contributed by atoms with Crippen molar-refractivity contribution >= 4 is 5.91 Å². The quantitative estimate of drug-likeness (QED) is 0.774. The van der Waals surface area contributed by atoms with Gasteiger partial charge in [0.15, 0.2) is 0 Å². The molecule has 100 valence electrons. The number of carbonyl (C=O) groups is 1. The fourth-order valence-electron chi connectivity index (χ4n) is 2.75. The van der Waals surface area contributed by atoms with Gasteiger partial charge in [-0.25, -0.2) is 0 Å². The van der Waals surface area contributed by atoms with Gasteiger partial charge in [-0.15, -0.1) is 0 Å². The van der Waals surface area contributed by atoms with Crippen molar-refractivity contribution in [2.24, 2.45) is 11.1 Å². The lowest BCUT2D eigenvalue weighted by Crippen LogP contribution is -2.56. The van der Waals surface area contributed by atoms with Gasteiger partial charge < -0.3 is 11.1 Å². The van der Waals surface area contributed by atoms with Crippen LogP contribution in [0.2, 0.25) is 0 Å². The van der Waals surface area contributed by atoms with Gasteiger partial charge in [-0.3, -0.25) is 9.69 Å². The summed E-state index contributed by atoms with van der Waals surface area (Å²) >= 11 is 0. The third kappa shape index (κ3) is 3.96. The lowest BCUT2D eigenvalue weighted by Gasteiger charge is -2.42. The van der Waals surface area contributed by atoms with Gasteiger partial charge >= 0.3 is 0 Å². The van der Waals surface area contributed by atoms with E-state index in [4.69, 9.17) is 5.73 Å². The van der Waals surface area contributed by atoms with Crippen LogP contribution in [0.25, 0.3) is 0 Å². The molecule has 0 saturated carbocycles. The highest BCUT2D eigenvalue weighted by molar-refractivity contribution is 5.78. The maximum absolute atomic E-state index is 11.6. The molecular formula is C13H27N3O. The van der Waals surface area contributed by atoms with Gasteiger partial charge in [-0.2, -0.15) is 0 Å². The number of hydrogen-bond acceptors (Lipinski definition) is 3. The van der Waals surface area contributed by atoms with Gasteiger partial charge in [0.1, 0.15) is 0 Å². The van der Waals surface area contributed by atoms with E-state index in [1.807, 2.05) is 0 Å². The molecule has 1 heterocycles. The molecule has 1 fully saturated rings. The van der Waals surface area contributed by atoms with Crippen molar-refractivity contribution in [1.29, 1.82) is 0 Å². The van der Waals surface area contributed by atoms with Crippen LogP contribution >= 0.6 is 0 Å². The molecule has 0 aromatic carbocycles. The van der Waals surface area contributed by atoms with Crippen LogP contribution < -0.4 is 11.1 Å². The summed E-state index contributed by atoms with van der Waals surface area (Å²) in [6.07, 6.45) is 1.95. The van der Waals surface area contributed by atoms with Gasteiger partial charge in [-0.1, -0.05) is 27.7 Å². The Balaban J connectivity index is 2.84. The first kappa shape index (κ1) is 14.5. The Bertz CT molecular complexity index is 260. The van der Waals surface area contributed by atoms with E-state index in [-0.39, 0.29) is 23.4 Å². The average Bonchev–Trinajstić information content (AvgIpc) is 2.41. The Labute approximate surface area is 105 Å². The van der Waals surface area contributed by atoms with E-state index in [1.165, 1.54) is 0 Å². The SMILES string of the molecule is CCC(N)C(N1CCCNC(=O)C1)C(C)(C)C. The summed E-state index contributed by atoms with van der Waals surface area (Å²) in [5.74, 6) is 0.125. The molecule has 1 aliphatic heterocycles. The van der Waals surface area contributed by atoms with Gasteiger partial charge in [0, 0.05) is 25.2 Å². The van der Waals surface area contributed by atoms with Crippen LogP contribution in [0.5, 0.6) is 0 Å². The third-order valence-corrected chi connectivity index (χ3v) is 3.45. The van der Waals surface area contributed by atoms with E-state index < -0.39 is 0 Å². The number of nitrogens with two attached hydrogens (primary N) is 1. The number of hydrogen-bond donors (Lipinski definition) is 2. The highest BCUT2D eigenvalue weighted by atomic mass is 16.2. The Kier molecular flexibility index (Phi) is 4.95. The highest BCUT2D eigenvalue weighted by Gasteiger charge is 2.35. The first-order chi connectivity index (χ1) is 7.86. The molecule has 2 unspecified atom stereocenters. The summed E-state index contributed by atoms with van der Waals surface area (Å²) in [5, 5.41) is 2.92. The summed E-state index contributed by atoms with van der Waals surface area (Å²) in [6.45, 7) is 10.9. The van der Waals surface area contributed by atoms with Crippen molar-refractivity contribution in [2.45, 2.75) is 52.6 Å². The minimum atomic E-state index is 0.0973. The van der Waals surface area contributed by atoms with Crippen LogP contribution in [0.4, 0.5) is 0 Å². The molecule has 0 spiro atoms. The minimum absolute atomic E-state index is 0.0973. The molecule has 17 heavy (non-hydrogen) atoms. The minimum Gasteiger partial charge on any atom is -0.355 e. The first-order valence-electron chi connectivity index (χ1n) is 6.62. The van der Waals surface area contributed by atoms with E-state index in [2.05, 4.69) is 37.9 Å². The second-order valence-corrected chi connectivity index (χ2v) is 6.06. The Hall–Kier alpha value is -0.610. The van der Waals surface area contributed by atoms with E-state index in [0.29, 0.717) is 6.54 Å². The van der Waals surface area contributed by atoms with Crippen LogP contribution in [-0.2, 0) is 4.79 Å². The summed E-state index contributed by atoms with van der Waals surface area (Å²) in [6, 6.07) is 0.386. The Morgan fingerprint density at radius 1 is 1.47 bits per heavy atom. The molecule has 0 aliphatic carbocycles. The van der Waals surface area contributed by atoms with E-state index in [0.717, 1.165) is 25.9 Å². The normalized spacial score (nSPS) is 22.8. The van der Waals surface area contributed by atoms with E-state index in [1.54, 1.807) is 0 Å². The van der Waals surface area contributed by atoms with Crippen LogP contribution in [0.1, 0.15) is 40.5 Å². The topological polar surface area (TPSA) is 58.4 Å². The van der Waals surface area contributed by atoms with Crippen LogP contribution in [0.15, 0.2) is 0 Å². The Morgan fingerprint density at radius 3 is 2.65 bits per heavy atom. The van der Waals surface area contributed by atoms with Crippen molar-refractivity contribution in [2.75, 3.05) is 19.6 Å². The van der Waals surface area contributed by atoms with Crippen molar-refractivity contribution in [3.63, 3.8) is 0 Å². The van der Waals surface area contributed by atoms with Gasteiger partial charge in [-0.05, 0) is 18.3 Å². The molecule has 1 aliphatic rings. The molecule has 0 radical (unpaired) electrons. The monoisotopic (exact) mass is 241 g/mol. The molecule has 1 rings (SSSR count). The van der Waals surface area contributed by atoms with Crippen molar-refractivity contribution in [3.05, 3.63) is 0 Å². The number of nitrogens with zero attached hydrogens (tertiary/aromatic N) is 1. The maximum atomic E-state index is 11.6. The van der Waals surface area contributed by atoms with Gasteiger partial charge in [0.05, 0.1) is 6.54 Å². The maximum Gasteiger partial charge on any atom is 0.234 e. The molecule has 1 amide bonds. The molecule has 3 N–H and O–H groups in total. The lowest BCUT2D eigenvalue weighted by atomic mass is 9.80. The van der Waals surface area contributed by atoms with Crippen molar-refractivity contribution in [1.82, 2.24) is 10.2 Å². The second kappa shape index (κ2) is 5.83. The summed E-state index contributed by atoms with van der Waals surface area (Å²) < 4.78 is 0. The molecule has 4 nitrogen and oxygen atoms in total. The predicted octanol–water partition coefficient (Wildman–Crippen LogP) is 0.960. The zero-order valence-corrected chi connectivity index (χ0v) is 11.6. The fourth-order valence-corrected chi connectivity index (χ4v) is 2.75. The molecule has 0 aromatic heterocycles. The summed E-state index contributed by atoms with van der Waals surface area (Å²) in [4.78, 5) is 13.9. The largest absolute Gasteiger partial charge is 0.355 e. The average molecular weight is 241 g/mol. The number of rotatable bonds is 3. The number of nitrogens with one attached hydrogen (secondary N) is 1. The molecule has 1 saturated heterocycles. The Morgan fingerprint density at radius 2 is 2.12 bits per heavy atom. The van der Waals surface area contributed by atoms with Gasteiger partial charge in [0.25, 0.3) is 0 Å². The second-order valence-electron chi connectivity index (χ2n) is 6.06. The van der Waals surface area contributed by atoms with Crippen LogP contribution in [-0.4, -0.2) is 42.5 Å². The molecule has 2 atom stereocenters.